The molecule has 1 fully saturated rings. The maximum absolute atomic E-state index is 13.2. The van der Waals surface area contributed by atoms with Gasteiger partial charge in [0.25, 0.3) is 0 Å². The number of ether oxygens (including phenoxy) is 7. The maximum Gasteiger partial charge on any atom is 0.338 e. The molecular weight excluding hydrogens is 644 g/mol. The van der Waals surface area contributed by atoms with Crippen molar-refractivity contribution in [2.24, 2.45) is 0 Å². The van der Waals surface area contributed by atoms with Crippen LogP contribution in [0.25, 0.3) is 11.1 Å². The number of fused-ring (bicyclic) bond motifs is 1. The summed E-state index contributed by atoms with van der Waals surface area (Å²) in [5.41, 5.74) is 6.43. The molecule has 4 rings (SSSR count). The van der Waals surface area contributed by atoms with Crippen molar-refractivity contribution in [3.05, 3.63) is 82.4 Å². The van der Waals surface area contributed by atoms with Crippen LogP contribution in [0.4, 0.5) is 0 Å². The van der Waals surface area contributed by atoms with Crippen LogP contribution in [0.2, 0.25) is 0 Å². The summed E-state index contributed by atoms with van der Waals surface area (Å²) in [6.07, 6.45) is 6.65. The second-order valence-corrected chi connectivity index (χ2v) is 13.6. The summed E-state index contributed by atoms with van der Waals surface area (Å²) in [6, 6.07) is 18.5. The van der Waals surface area contributed by atoms with Gasteiger partial charge in [-0.3, -0.25) is 0 Å². The van der Waals surface area contributed by atoms with E-state index in [9.17, 15) is 4.79 Å². The lowest BCUT2D eigenvalue weighted by molar-refractivity contribution is -0.268. The molecule has 1 aliphatic heterocycles. The number of unbranched alkanes of at least 4 members (excludes halogenated alkanes) is 4. The van der Waals surface area contributed by atoms with Gasteiger partial charge in [-0.1, -0.05) is 102 Å². The normalized spacial score (nSPS) is 20.5. The van der Waals surface area contributed by atoms with E-state index in [1.54, 1.807) is 7.11 Å². The molecule has 0 spiro atoms. The first-order chi connectivity index (χ1) is 25.0. The minimum absolute atomic E-state index is 0.333. The predicted octanol–water partition coefficient (Wildman–Crippen LogP) is 9.13. The summed E-state index contributed by atoms with van der Waals surface area (Å²) in [7, 11) is 3.14. The summed E-state index contributed by atoms with van der Waals surface area (Å²) >= 11 is 0. The summed E-state index contributed by atoms with van der Waals surface area (Å²) in [4.78, 5) is 13.2. The van der Waals surface area contributed by atoms with Crippen molar-refractivity contribution in [3.8, 4) is 11.1 Å². The van der Waals surface area contributed by atoms with Crippen LogP contribution in [0.1, 0.15) is 118 Å². The molecule has 8 heteroatoms. The molecule has 1 heterocycles. The fraction of sp³-hybridized carbons (Fsp3) is 0.605. The molecule has 0 saturated carbocycles. The first-order valence-corrected chi connectivity index (χ1v) is 19.3. The number of benzene rings is 1. The van der Waals surface area contributed by atoms with Crippen LogP contribution in [0.15, 0.2) is 54.6 Å². The Hall–Kier alpha value is -2.85. The van der Waals surface area contributed by atoms with Crippen molar-refractivity contribution in [2.75, 3.05) is 47.3 Å². The quantitative estimate of drug-likeness (QED) is 0.0714. The van der Waals surface area contributed by atoms with E-state index in [0.717, 1.165) is 84.7 Å². The number of carbonyl (C=O) groups is 1. The second-order valence-electron chi connectivity index (χ2n) is 13.6. The van der Waals surface area contributed by atoms with Crippen molar-refractivity contribution in [1.29, 1.82) is 0 Å². The number of hydrogen-bond donors (Lipinski definition) is 0. The van der Waals surface area contributed by atoms with Crippen LogP contribution in [0.5, 0.6) is 0 Å². The van der Waals surface area contributed by atoms with E-state index in [1.165, 1.54) is 7.11 Å². The van der Waals surface area contributed by atoms with Crippen LogP contribution in [-0.4, -0.2) is 77.6 Å². The first kappa shape index (κ1) is 40.9. The predicted molar refractivity (Wildman–Crippen MR) is 202 cm³/mol. The molecule has 0 bridgehead atoms. The minimum Gasteiger partial charge on any atom is -0.465 e. The van der Waals surface area contributed by atoms with Crippen molar-refractivity contribution in [3.63, 3.8) is 0 Å². The molecule has 1 saturated heterocycles. The summed E-state index contributed by atoms with van der Waals surface area (Å²) in [5.74, 6) is -0.341. The third-order valence-electron chi connectivity index (χ3n) is 9.47. The maximum atomic E-state index is 13.2. The number of carbonyl (C=O) groups excluding carboxylic acids is 1. The van der Waals surface area contributed by atoms with Crippen molar-refractivity contribution in [1.82, 2.24) is 0 Å². The van der Waals surface area contributed by atoms with E-state index < -0.39 is 12.2 Å². The smallest absolute Gasteiger partial charge is 0.338 e. The van der Waals surface area contributed by atoms with Crippen LogP contribution < -0.4 is 0 Å². The van der Waals surface area contributed by atoms with Crippen molar-refractivity contribution in [2.45, 2.75) is 123 Å². The molecule has 282 valence electrons. The zero-order chi connectivity index (χ0) is 36.4. The van der Waals surface area contributed by atoms with Gasteiger partial charge < -0.3 is 33.2 Å². The SMILES string of the molecule is CCCCOC[C@H]1O[C@@H](c2cc(COC)cc(Cc3cc4cccccc-4c3C(=O)OC)c2)[C@H](OCCCC)[C@@H](OCCCC)[C@@H]1OCCCC. The molecule has 0 aromatic heterocycles. The van der Waals surface area contributed by atoms with E-state index in [0.29, 0.717) is 51.6 Å². The van der Waals surface area contributed by atoms with Crippen molar-refractivity contribution >= 4 is 5.97 Å². The monoisotopic (exact) mass is 706 g/mol. The minimum atomic E-state index is -0.437. The lowest BCUT2D eigenvalue weighted by Gasteiger charge is -2.46. The molecule has 3 aliphatic rings. The second kappa shape index (κ2) is 22.3. The Kier molecular flexibility index (Phi) is 17.9. The molecule has 5 atom stereocenters. The van der Waals surface area contributed by atoms with Crippen LogP contribution in [0.3, 0.4) is 0 Å². The molecule has 8 nitrogen and oxygen atoms in total. The molecule has 51 heavy (non-hydrogen) atoms. The molecule has 0 N–H and O–H groups in total. The Balaban J connectivity index is 1.80. The lowest BCUT2D eigenvalue weighted by atomic mass is 9.88. The zero-order valence-electron chi connectivity index (χ0n) is 32.0. The highest BCUT2D eigenvalue weighted by Gasteiger charge is 2.49. The number of methoxy groups -OCH3 is 2. The fourth-order valence-corrected chi connectivity index (χ4v) is 6.79. The van der Waals surface area contributed by atoms with Gasteiger partial charge in [-0.25, -0.2) is 4.79 Å². The van der Waals surface area contributed by atoms with E-state index >= 15 is 0 Å². The van der Waals surface area contributed by atoms with Crippen molar-refractivity contribution < 1.29 is 38.0 Å². The summed E-state index contributed by atoms with van der Waals surface area (Å²) in [5, 5.41) is 0. The van der Waals surface area contributed by atoms with Gasteiger partial charge in [0, 0.05) is 33.5 Å². The van der Waals surface area contributed by atoms with E-state index in [4.69, 9.17) is 33.2 Å². The average molecular weight is 707 g/mol. The van der Waals surface area contributed by atoms with Gasteiger partial charge in [-0.05, 0) is 71.6 Å². The lowest BCUT2D eigenvalue weighted by Crippen LogP contribution is -2.58. The van der Waals surface area contributed by atoms with E-state index in [1.807, 2.05) is 30.3 Å². The molecular formula is C43H62O8. The molecule has 0 amide bonds. The highest BCUT2D eigenvalue weighted by molar-refractivity contribution is 6.01. The Bertz CT molecular complexity index is 1410. The molecule has 1 aromatic carbocycles. The largest absolute Gasteiger partial charge is 0.465 e. The molecule has 2 aliphatic carbocycles. The Morgan fingerprint density at radius 3 is 2.00 bits per heavy atom. The van der Waals surface area contributed by atoms with Gasteiger partial charge in [-0.2, -0.15) is 0 Å². The van der Waals surface area contributed by atoms with E-state index in [-0.39, 0.29) is 24.3 Å². The highest BCUT2D eigenvalue weighted by atomic mass is 16.6. The molecule has 1 aromatic rings. The van der Waals surface area contributed by atoms with Gasteiger partial charge in [0.1, 0.15) is 30.5 Å². The van der Waals surface area contributed by atoms with Gasteiger partial charge in [0.2, 0.25) is 0 Å². The Morgan fingerprint density at radius 2 is 1.33 bits per heavy atom. The molecule has 0 unspecified atom stereocenters. The van der Waals surface area contributed by atoms with Gasteiger partial charge in [0.05, 0.1) is 25.9 Å². The summed E-state index contributed by atoms with van der Waals surface area (Å²) < 4.78 is 44.4. The standard InChI is InChI=1S/C43H62O8/c1-7-11-20-47-30-37-40(48-21-12-8-2)42(50-23-14-10-4)41(49-22-13-9-3)39(51-37)35-26-31(24-32(27-35)29-45-5)25-34-28-33-18-16-15-17-19-36(33)38(34)43(44)46-6/h15-19,24,26-28,37,39-42H,7-14,20-23,25,29-30H2,1-6H3/t37-,39+,40-,41+,42+/m1/s1. The Morgan fingerprint density at radius 1 is 0.706 bits per heavy atom. The number of esters is 1. The first-order valence-electron chi connectivity index (χ1n) is 19.3. The third-order valence-corrected chi connectivity index (χ3v) is 9.47. The average Bonchev–Trinajstić information content (AvgIpc) is 3.30. The third kappa shape index (κ3) is 11.6. The topological polar surface area (TPSA) is 81.7 Å². The fourth-order valence-electron chi connectivity index (χ4n) is 6.79. The van der Waals surface area contributed by atoms with Crippen LogP contribution in [-0.2, 0) is 46.2 Å². The van der Waals surface area contributed by atoms with Gasteiger partial charge in [0.15, 0.2) is 0 Å². The highest BCUT2D eigenvalue weighted by Crippen LogP contribution is 2.39. The number of rotatable bonds is 23. The van der Waals surface area contributed by atoms with Crippen LogP contribution >= 0.6 is 0 Å². The molecule has 0 radical (unpaired) electrons. The number of hydrogen-bond acceptors (Lipinski definition) is 8. The summed E-state index contributed by atoms with van der Waals surface area (Å²) in [6.45, 7) is 12.0. The zero-order valence-corrected chi connectivity index (χ0v) is 32.0. The Labute approximate surface area is 306 Å². The van der Waals surface area contributed by atoms with E-state index in [2.05, 4.69) is 52.0 Å². The van der Waals surface area contributed by atoms with Crippen LogP contribution in [0, 0.1) is 0 Å². The van der Waals surface area contributed by atoms with Gasteiger partial charge >= 0.3 is 5.97 Å². The van der Waals surface area contributed by atoms with Gasteiger partial charge in [-0.15, -0.1) is 0 Å².